The average Bonchev–Trinajstić information content (AvgIpc) is 3.61. The zero-order chi connectivity index (χ0) is 43.9. The van der Waals surface area contributed by atoms with Crippen molar-refractivity contribution in [3.8, 4) is 44.5 Å². The number of anilines is 3. The van der Waals surface area contributed by atoms with E-state index in [4.69, 9.17) is 0 Å². The Balaban J connectivity index is 1.15. The maximum Gasteiger partial charge on any atom is 0.0624 e. The largest absolute Gasteiger partial charge is 0.309 e. The number of hydrogen-bond acceptors (Lipinski definition) is 1. The molecule has 66 heavy (non-hydrogen) atoms. The molecule has 0 radical (unpaired) electrons. The summed E-state index contributed by atoms with van der Waals surface area (Å²) in [5, 5.41) is 12.4. The van der Waals surface area contributed by atoms with Gasteiger partial charge < -0.3 is 4.90 Å². The summed E-state index contributed by atoms with van der Waals surface area (Å²) in [6, 6.07) is 88.1. The summed E-state index contributed by atoms with van der Waals surface area (Å²) in [6.07, 6.45) is 0. The summed E-state index contributed by atoms with van der Waals surface area (Å²) in [5.74, 6) is 0. The summed E-state index contributed by atoms with van der Waals surface area (Å²) in [4.78, 5) is 2.58. The number of benzene rings is 12. The van der Waals surface area contributed by atoms with Gasteiger partial charge in [0.05, 0.1) is 5.69 Å². The van der Waals surface area contributed by atoms with Crippen LogP contribution in [0.2, 0.25) is 0 Å². The van der Waals surface area contributed by atoms with E-state index in [9.17, 15) is 0 Å². The van der Waals surface area contributed by atoms with E-state index in [2.05, 4.69) is 255 Å². The smallest absolute Gasteiger partial charge is 0.0624 e. The third-order valence-corrected chi connectivity index (χ3v) is 14.4. The van der Waals surface area contributed by atoms with Crippen LogP contribution in [0, 0.1) is 0 Å². The molecule has 0 fully saturated rings. The number of rotatable bonds is 6. The Morgan fingerprint density at radius 2 is 0.773 bits per heavy atom. The van der Waals surface area contributed by atoms with Gasteiger partial charge in [0.25, 0.3) is 0 Å². The van der Waals surface area contributed by atoms with Crippen LogP contribution < -0.4 is 4.90 Å². The van der Waals surface area contributed by atoms with E-state index in [0.717, 1.165) is 22.6 Å². The van der Waals surface area contributed by atoms with Crippen LogP contribution in [0.25, 0.3) is 98.4 Å². The normalized spacial score (nSPS) is 12.8. The first-order valence-electron chi connectivity index (χ1n) is 23.1. The van der Waals surface area contributed by atoms with Crippen LogP contribution in [0.1, 0.15) is 25.0 Å². The summed E-state index contributed by atoms with van der Waals surface area (Å²) in [7, 11) is 0. The van der Waals surface area contributed by atoms with Gasteiger partial charge in [-0.1, -0.05) is 220 Å². The van der Waals surface area contributed by atoms with Crippen LogP contribution in [0.5, 0.6) is 0 Å². The van der Waals surface area contributed by atoms with Gasteiger partial charge in [0, 0.05) is 27.7 Å². The van der Waals surface area contributed by atoms with Crippen molar-refractivity contribution >= 4 is 70.9 Å². The van der Waals surface area contributed by atoms with Crippen molar-refractivity contribution in [1.82, 2.24) is 0 Å². The van der Waals surface area contributed by atoms with Crippen molar-refractivity contribution in [2.45, 2.75) is 19.3 Å². The number of hydrogen-bond donors (Lipinski definition) is 0. The lowest BCUT2D eigenvalue weighted by molar-refractivity contribution is 0.660. The fraction of sp³-hybridized carbons (Fsp3) is 0.0462. The van der Waals surface area contributed by atoms with Gasteiger partial charge in [-0.2, -0.15) is 0 Å². The average molecular weight is 840 g/mol. The molecule has 0 amide bonds. The van der Waals surface area contributed by atoms with E-state index < -0.39 is 0 Å². The fourth-order valence-corrected chi connectivity index (χ4v) is 11.3. The minimum atomic E-state index is -0.180. The molecular formula is C65H45N. The van der Waals surface area contributed by atoms with Gasteiger partial charge in [-0.05, 0) is 129 Å². The van der Waals surface area contributed by atoms with Crippen molar-refractivity contribution in [3.63, 3.8) is 0 Å². The monoisotopic (exact) mass is 839 g/mol. The van der Waals surface area contributed by atoms with Crippen molar-refractivity contribution in [2.24, 2.45) is 0 Å². The molecule has 0 bridgehead atoms. The van der Waals surface area contributed by atoms with E-state index in [1.54, 1.807) is 0 Å². The van der Waals surface area contributed by atoms with Crippen LogP contribution in [-0.4, -0.2) is 0 Å². The molecule has 0 aromatic heterocycles. The topological polar surface area (TPSA) is 3.24 Å². The first-order valence-corrected chi connectivity index (χ1v) is 23.1. The minimum absolute atomic E-state index is 0.180. The molecule has 0 atom stereocenters. The molecule has 0 saturated carbocycles. The molecular weight excluding hydrogens is 795 g/mol. The van der Waals surface area contributed by atoms with Crippen LogP contribution in [0.3, 0.4) is 0 Å². The Bertz CT molecular complexity index is 3880. The Morgan fingerprint density at radius 1 is 0.288 bits per heavy atom. The molecule has 0 unspecified atom stereocenters. The highest BCUT2D eigenvalue weighted by Gasteiger charge is 2.36. The molecule has 12 aromatic carbocycles. The van der Waals surface area contributed by atoms with E-state index in [1.807, 2.05) is 0 Å². The minimum Gasteiger partial charge on any atom is -0.309 e. The highest BCUT2D eigenvalue weighted by molar-refractivity contribution is 6.30. The molecule has 1 heteroatoms. The highest BCUT2D eigenvalue weighted by Crippen LogP contribution is 2.54. The van der Waals surface area contributed by atoms with Crippen molar-refractivity contribution in [3.05, 3.63) is 248 Å². The van der Waals surface area contributed by atoms with Gasteiger partial charge in [0.2, 0.25) is 0 Å². The summed E-state index contributed by atoms with van der Waals surface area (Å²) in [5.41, 5.74) is 15.7. The van der Waals surface area contributed by atoms with Crippen LogP contribution in [0.15, 0.2) is 237 Å². The van der Waals surface area contributed by atoms with Gasteiger partial charge in [0.1, 0.15) is 0 Å². The second-order valence-electron chi connectivity index (χ2n) is 18.4. The summed E-state index contributed by atoms with van der Waals surface area (Å²) >= 11 is 0. The molecule has 1 nitrogen and oxygen atoms in total. The molecule has 13 rings (SSSR count). The van der Waals surface area contributed by atoms with Crippen molar-refractivity contribution < 1.29 is 0 Å². The third kappa shape index (κ3) is 5.87. The maximum absolute atomic E-state index is 2.58. The Labute approximate surface area is 385 Å². The van der Waals surface area contributed by atoms with E-state index in [0.29, 0.717) is 0 Å². The number of nitrogens with zero attached hydrogens (tertiary/aromatic N) is 1. The Hall–Kier alpha value is -8.26. The van der Waals surface area contributed by atoms with Gasteiger partial charge in [-0.3, -0.25) is 0 Å². The van der Waals surface area contributed by atoms with Crippen LogP contribution >= 0.6 is 0 Å². The molecule has 12 aromatic rings. The van der Waals surface area contributed by atoms with E-state index in [-0.39, 0.29) is 5.41 Å². The van der Waals surface area contributed by atoms with Crippen molar-refractivity contribution in [2.75, 3.05) is 4.90 Å². The van der Waals surface area contributed by atoms with Gasteiger partial charge in [-0.25, -0.2) is 0 Å². The summed E-state index contributed by atoms with van der Waals surface area (Å²) in [6.45, 7) is 4.77. The van der Waals surface area contributed by atoms with Crippen LogP contribution in [0.4, 0.5) is 17.1 Å². The van der Waals surface area contributed by atoms with Crippen molar-refractivity contribution in [1.29, 1.82) is 0 Å². The lowest BCUT2D eigenvalue weighted by Crippen LogP contribution is -2.17. The van der Waals surface area contributed by atoms with E-state index in [1.165, 1.54) is 104 Å². The number of fused-ring (bicyclic) bond motifs is 12. The fourth-order valence-electron chi connectivity index (χ4n) is 11.3. The first kappa shape index (κ1) is 38.2. The SMILES string of the molecule is CC1(C)c2ccccc2-c2ccc(N(c3ccc4c(ccc5ccccc54)c3)c3c(-c4cccc(-c5ccccc5-c5ccccc5)c4)ccc4c5ccccc5c5ccccc5c34)cc21. The zero-order valence-electron chi connectivity index (χ0n) is 37.0. The molecule has 0 heterocycles. The predicted molar refractivity (Wildman–Crippen MR) is 283 cm³/mol. The van der Waals surface area contributed by atoms with Gasteiger partial charge >= 0.3 is 0 Å². The lowest BCUT2D eigenvalue weighted by Gasteiger charge is -2.32. The molecule has 0 saturated heterocycles. The van der Waals surface area contributed by atoms with Gasteiger partial charge in [-0.15, -0.1) is 0 Å². The standard InChI is InChI=1S/C65H45N/c1-65(2)61-30-15-14-28-57(61)58-36-34-48(41-62(58)65)66(47-33-35-52-46(40-47)32-31-43-19-6-7-22-50(43)52)64-53(37-38-60-56-27-11-10-25-54(56)55-26-12-13-29-59(55)63(60)64)45-21-16-20-44(39-45)51-24-9-8-23-49(51)42-17-4-3-5-18-42/h3-41H,1-2H3. The van der Waals surface area contributed by atoms with E-state index >= 15 is 0 Å². The lowest BCUT2D eigenvalue weighted by atomic mass is 9.82. The molecule has 1 aliphatic rings. The second-order valence-corrected chi connectivity index (χ2v) is 18.4. The maximum atomic E-state index is 2.58. The second kappa shape index (κ2) is 14.9. The Morgan fingerprint density at radius 3 is 1.55 bits per heavy atom. The van der Waals surface area contributed by atoms with Crippen LogP contribution in [-0.2, 0) is 5.41 Å². The summed E-state index contributed by atoms with van der Waals surface area (Å²) < 4.78 is 0. The molecule has 0 spiro atoms. The van der Waals surface area contributed by atoms with Gasteiger partial charge in [0.15, 0.2) is 0 Å². The zero-order valence-corrected chi connectivity index (χ0v) is 37.0. The molecule has 310 valence electrons. The third-order valence-electron chi connectivity index (χ3n) is 14.4. The molecule has 0 N–H and O–H groups in total. The first-order chi connectivity index (χ1) is 32.5. The Kier molecular flexibility index (Phi) is 8.63. The molecule has 0 aliphatic heterocycles. The highest BCUT2D eigenvalue weighted by atomic mass is 15.1. The molecule has 1 aliphatic carbocycles. The predicted octanol–water partition coefficient (Wildman–Crippen LogP) is 18.2. The quantitative estimate of drug-likeness (QED) is 0.151.